The first-order valence-corrected chi connectivity index (χ1v) is 5.72. The molecule has 12 heavy (non-hydrogen) atoms. The van der Waals surface area contributed by atoms with E-state index in [-0.39, 0.29) is 11.8 Å². The van der Waals surface area contributed by atoms with Crippen LogP contribution in [-0.2, 0) is 4.79 Å². The summed E-state index contributed by atoms with van der Waals surface area (Å²) in [5.41, 5.74) is 2.43. The van der Waals surface area contributed by atoms with E-state index in [1.54, 1.807) is 0 Å². The SMILES string of the molecule is O=C(CI)Nn1c(O)csc1=S. The van der Waals surface area contributed by atoms with Crippen molar-refractivity contribution in [3.05, 3.63) is 9.33 Å². The molecule has 0 atom stereocenters. The van der Waals surface area contributed by atoms with E-state index in [0.717, 1.165) is 0 Å². The molecule has 7 heteroatoms. The number of alkyl halides is 1. The molecule has 4 nitrogen and oxygen atoms in total. The minimum absolute atomic E-state index is 0.0387. The first kappa shape index (κ1) is 9.93. The van der Waals surface area contributed by atoms with E-state index in [4.69, 9.17) is 17.3 Å². The van der Waals surface area contributed by atoms with Gasteiger partial charge in [0.1, 0.15) is 0 Å². The highest BCUT2D eigenvalue weighted by Gasteiger charge is 2.04. The number of aromatic nitrogens is 1. The lowest BCUT2D eigenvalue weighted by Gasteiger charge is -2.03. The van der Waals surface area contributed by atoms with E-state index in [0.29, 0.717) is 8.38 Å². The Bertz CT molecular complexity index is 345. The third-order valence-corrected chi connectivity index (χ3v) is 2.91. The van der Waals surface area contributed by atoms with Gasteiger partial charge in [0.2, 0.25) is 11.8 Å². The quantitative estimate of drug-likeness (QED) is 0.494. The minimum Gasteiger partial charge on any atom is -0.493 e. The second-order valence-electron chi connectivity index (χ2n) is 1.86. The molecule has 0 bridgehead atoms. The average Bonchev–Trinajstić information content (AvgIpc) is 2.35. The van der Waals surface area contributed by atoms with Crippen LogP contribution in [0.5, 0.6) is 5.88 Å². The van der Waals surface area contributed by atoms with E-state index < -0.39 is 0 Å². The molecular formula is C5H5IN2O2S2. The monoisotopic (exact) mass is 316 g/mol. The van der Waals surface area contributed by atoms with Gasteiger partial charge in [-0.25, -0.2) is 0 Å². The van der Waals surface area contributed by atoms with Crippen molar-refractivity contribution >= 4 is 52.1 Å². The fourth-order valence-electron chi connectivity index (χ4n) is 0.560. The van der Waals surface area contributed by atoms with Crippen molar-refractivity contribution in [1.82, 2.24) is 4.68 Å². The number of carbonyl (C=O) groups is 1. The topological polar surface area (TPSA) is 54.3 Å². The normalized spacial score (nSPS) is 9.75. The number of halogens is 1. The lowest BCUT2D eigenvalue weighted by atomic mass is 10.7. The van der Waals surface area contributed by atoms with E-state index in [1.807, 2.05) is 22.6 Å². The van der Waals surface area contributed by atoms with E-state index in [2.05, 4.69) is 5.43 Å². The summed E-state index contributed by atoms with van der Waals surface area (Å²) >= 11 is 7.96. The molecule has 2 N–H and O–H groups in total. The van der Waals surface area contributed by atoms with Gasteiger partial charge in [0.25, 0.3) is 0 Å². The maximum Gasteiger partial charge on any atom is 0.248 e. The number of amides is 1. The van der Waals surface area contributed by atoms with Gasteiger partial charge in [-0.05, 0) is 12.2 Å². The van der Waals surface area contributed by atoms with Crippen molar-refractivity contribution in [3.63, 3.8) is 0 Å². The van der Waals surface area contributed by atoms with E-state index in [1.165, 1.54) is 21.4 Å². The molecule has 0 fully saturated rings. The third-order valence-electron chi connectivity index (χ3n) is 1.03. The molecule has 0 aliphatic rings. The summed E-state index contributed by atoms with van der Waals surface area (Å²) in [7, 11) is 0. The number of hydrogen-bond donors (Lipinski definition) is 2. The second-order valence-corrected chi connectivity index (χ2v) is 4.13. The Balaban J connectivity index is 2.88. The van der Waals surface area contributed by atoms with Gasteiger partial charge in [0.05, 0.1) is 9.81 Å². The Morgan fingerprint density at radius 1 is 1.92 bits per heavy atom. The Kier molecular flexibility index (Phi) is 3.47. The number of aromatic hydroxyl groups is 1. The van der Waals surface area contributed by atoms with E-state index in [9.17, 15) is 4.79 Å². The zero-order valence-electron chi connectivity index (χ0n) is 5.78. The Hall–Kier alpha value is -0.150. The highest BCUT2D eigenvalue weighted by Crippen LogP contribution is 2.14. The highest BCUT2D eigenvalue weighted by molar-refractivity contribution is 14.1. The van der Waals surface area contributed by atoms with Crippen molar-refractivity contribution in [1.29, 1.82) is 0 Å². The van der Waals surface area contributed by atoms with Crippen LogP contribution in [-0.4, -0.2) is 20.1 Å². The fourth-order valence-corrected chi connectivity index (χ4v) is 1.57. The molecule has 0 aliphatic carbocycles. The number of nitrogens with zero attached hydrogens (tertiary/aromatic N) is 1. The van der Waals surface area contributed by atoms with Crippen LogP contribution < -0.4 is 5.43 Å². The first-order chi connectivity index (χ1) is 5.65. The Morgan fingerprint density at radius 2 is 2.58 bits per heavy atom. The molecule has 1 rings (SSSR count). The minimum atomic E-state index is -0.194. The first-order valence-electron chi connectivity index (χ1n) is 2.90. The van der Waals surface area contributed by atoms with Crippen LogP contribution in [0, 0.1) is 3.95 Å². The smallest absolute Gasteiger partial charge is 0.248 e. The number of thiazole rings is 1. The predicted octanol–water partition coefficient (Wildman–Crippen LogP) is 1.49. The van der Waals surface area contributed by atoms with Gasteiger partial charge in [0.15, 0.2) is 3.95 Å². The van der Waals surface area contributed by atoms with Gasteiger partial charge in [-0.2, -0.15) is 4.68 Å². The summed E-state index contributed by atoms with van der Waals surface area (Å²) in [5.74, 6) is -0.233. The molecule has 0 aliphatic heterocycles. The largest absolute Gasteiger partial charge is 0.493 e. The maximum absolute atomic E-state index is 10.9. The lowest BCUT2D eigenvalue weighted by Crippen LogP contribution is -2.22. The number of nitrogens with one attached hydrogen (secondary N) is 1. The number of hydrogen-bond acceptors (Lipinski definition) is 4. The molecule has 0 radical (unpaired) electrons. The van der Waals surface area contributed by atoms with Gasteiger partial charge in [-0.1, -0.05) is 22.6 Å². The summed E-state index contributed by atoms with van der Waals surface area (Å²) in [6.07, 6.45) is 0. The van der Waals surface area contributed by atoms with Gasteiger partial charge < -0.3 is 5.11 Å². The van der Waals surface area contributed by atoms with Crippen molar-refractivity contribution in [3.8, 4) is 5.88 Å². The summed E-state index contributed by atoms with van der Waals surface area (Å²) in [5, 5.41) is 10.6. The summed E-state index contributed by atoms with van der Waals surface area (Å²) in [6.45, 7) is 0. The highest BCUT2D eigenvalue weighted by atomic mass is 127. The molecule has 1 aromatic heterocycles. The Morgan fingerprint density at radius 3 is 3.00 bits per heavy atom. The third kappa shape index (κ3) is 2.17. The second kappa shape index (κ2) is 4.19. The van der Waals surface area contributed by atoms with Crippen LogP contribution in [0.2, 0.25) is 0 Å². The predicted molar refractivity (Wildman–Crippen MR) is 58.1 cm³/mol. The van der Waals surface area contributed by atoms with Gasteiger partial charge in [0, 0.05) is 0 Å². The molecule has 0 spiro atoms. The van der Waals surface area contributed by atoms with Crippen LogP contribution in [0.4, 0.5) is 0 Å². The average molecular weight is 316 g/mol. The molecule has 1 heterocycles. The fraction of sp³-hybridized carbons (Fsp3) is 0.200. The lowest BCUT2D eigenvalue weighted by molar-refractivity contribution is -0.114. The number of carbonyl (C=O) groups excluding carboxylic acids is 1. The maximum atomic E-state index is 10.9. The van der Waals surface area contributed by atoms with Crippen molar-refractivity contribution < 1.29 is 9.90 Å². The van der Waals surface area contributed by atoms with Crippen LogP contribution in [0.3, 0.4) is 0 Å². The Labute approximate surface area is 91.3 Å². The van der Waals surface area contributed by atoms with Crippen molar-refractivity contribution in [2.45, 2.75) is 0 Å². The molecule has 0 saturated carbocycles. The summed E-state index contributed by atoms with van der Waals surface area (Å²) in [6, 6.07) is 0. The van der Waals surface area contributed by atoms with Crippen LogP contribution in [0.1, 0.15) is 0 Å². The molecule has 0 saturated heterocycles. The molecule has 1 amide bonds. The molecule has 66 valence electrons. The van der Waals surface area contributed by atoms with Gasteiger partial charge in [-0.3, -0.25) is 10.2 Å². The molecule has 0 unspecified atom stereocenters. The van der Waals surface area contributed by atoms with Crippen molar-refractivity contribution in [2.75, 3.05) is 9.85 Å². The zero-order chi connectivity index (χ0) is 9.14. The summed E-state index contributed by atoms with van der Waals surface area (Å²) < 4.78 is 1.93. The van der Waals surface area contributed by atoms with Crippen molar-refractivity contribution in [2.24, 2.45) is 0 Å². The van der Waals surface area contributed by atoms with E-state index >= 15 is 0 Å². The van der Waals surface area contributed by atoms with Crippen LogP contribution in [0.25, 0.3) is 0 Å². The zero-order valence-corrected chi connectivity index (χ0v) is 9.57. The number of rotatable bonds is 2. The molecular weight excluding hydrogens is 311 g/mol. The molecule has 0 aromatic carbocycles. The van der Waals surface area contributed by atoms with Gasteiger partial charge in [-0.15, -0.1) is 11.3 Å². The van der Waals surface area contributed by atoms with Crippen LogP contribution in [0.15, 0.2) is 5.38 Å². The van der Waals surface area contributed by atoms with Crippen LogP contribution >= 0.6 is 46.1 Å². The van der Waals surface area contributed by atoms with Gasteiger partial charge >= 0.3 is 0 Å². The molecule has 1 aromatic rings. The summed E-state index contributed by atoms with van der Waals surface area (Å²) in [4.78, 5) is 10.9. The standard InChI is InChI=1S/C5H5IN2O2S2/c6-1-3(9)7-8-4(10)2-12-5(8)11/h2,10H,1H2,(H,7,9).